The predicted octanol–water partition coefficient (Wildman–Crippen LogP) is 3.73. The predicted molar refractivity (Wildman–Crippen MR) is 54.8 cm³/mol. The fraction of sp³-hybridized carbons (Fsp3) is 0.400. The van der Waals surface area contributed by atoms with Gasteiger partial charge in [-0.15, -0.1) is 0 Å². The first-order valence-electron chi connectivity index (χ1n) is 4.41. The molecule has 0 saturated heterocycles. The first-order valence-corrected chi connectivity index (χ1v) is 5.21. The first-order chi connectivity index (χ1) is 7.24. The summed E-state index contributed by atoms with van der Waals surface area (Å²) in [5.41, 5.74) is 0.180. The monoisotopic (exact) mass is 300 g/mol. The van der Waals surface area contributed by atoms with Gasteiger partial charge >= 0.3 is 10.8 Å². The summed E-state index contributed by atoms with van der Waals surface area (Å²) < 4.78 is 50.7. The van der Waals surface area contributed by atoms with Gasteiger partial charge in [0.05, 0.1) is 6.10 Å². The fourth-order valence-electron chi connectivity index (χ4n) is 1.15. The molecule has 6 heteroatoms. The van der Waals surface area contributed by atoms with E-state index >= 15 is 0 Å². The molecular formula is C10H9BrF4O. The van der Waals surface area contributed by atoms with Crippen molar-refractivity contribution in [2.75, 3.05) is 0 Å². The van der Waals surface area contributed by atoms with Crippen LogP contribution in [0.3, 0.4) is 0 Å². The highest BCUT2D eigenvalue weighted by Crippen LogP contribution is 2.44. The Morgan fingerprint density at radius 3 is 2.06 bits per heavy atom. The molecule has 1 rings (SSSR count). The van der Waals surface area contributed by atoms with Crippen LogP contribution in [0.15, 0.2) is 30.3 Å². The number of hydrogen-bond acceptors (Lipinski definition) is 1. The normalized spacial score (nSPS) is 14.9. The van der Waals surface area contributed by atoms with Gasteiger partial charge in [0.2, 0.25) is 0 Å². The van der Waals surface area contributed by atoms with Crippen molar-refractivity contribution in [3.63, 3.8) is 0 Å². The van der Waals surface area contributed by atoms with E-state index in [2.05, 4.69) is 0 Å². The van der Waals surface area contributed by atoms with E-state index in [-0.39, 0.29) is 5.56 Å². The van der Waals surface area contributed by atoms with Crippen LogP contribution >= 0.6 is 15.9 Å². The van der Waals surface area contributed by atoms with E-state index in [0.717, 1.165) is 0 Å². The van der Waals surface area contributed by atoms with Gasteiger partial charge in [-0.3, -0.25) is 0 Å². The third-order valence-corrected chi connectivity index (χ3v) is 2.63. The van der Waals surface area contributed by atoms with Crippen LogP contribution in [0, 0.1) is 0 Å². The Balaban J connectivity index is 2.76. The minimum Gasteiger partial charge on any atom is -0.388 e. The fourth-order valence-corrected chi connectivity index (χ4v) is 1.31. The van der Waals surface area contributed by atoms with Gasteiger partial charge in [0.15, 0.2) is 0 Å². The summed E-state index contributed by atoms with van der Waals surface area (Å²) in [6.07, 6.45) is -2.96. The number of rotatable bonds is 4. The third kappa shape index (κ3) is 3.18. The molecule has 0 aliphatic rings. The molecule has 0 aliphatic carbocycles. The topological polar surface area (TPSA) is 20.2 Å². The number of aliphatic hydroxyl groups excluding tert-OH is 1. The van der Waals surface area contributed by atoms with Crippen LogP contribution in [0.5, 0.6) is 0 Å². The first kappa shape index (κ1) is 13.4. The highest BCUT2D eigenvalue weighted by atomic mass is 79.9. The standard InChI is InChI=1S/C10H9BrF4O/c11-10(14,15)9(12,13)6-8(16)7-4-2-1-3-5-7/h1-5,8,16H,6H2. The number of aliphatic hydroxyl groups is 1. The van der Waals surface area contributed by atoms with Crippen LogP contribution < -0.4 is 0 Å². The lowest BCUT2D eigenvalue weighted by Gasteiger charge is -2.24. The van der Waals surface area contributed by atoms with Crippen molar-refractivity contribution >= 4 is 15.9 Å². The average molecular weight is 301 g/mol. The van der Waals surface area contributed by atoms with Crippen LogP contribution in [0.2, 0.25) is 0 Å². The van der Waals surface area contributed by atoms with Gasteiger partial charge in [-0.05, 0) is 21.5 Å². The van der Waals surface area contributed by atoms with E-state index in [1.807, 2.05) is 0 Å². The van der Waals surface area contributed by atoms with Crippen molar-refractivity contribution < 1.29 is 22.7 Å². The molecule has 0 spiro atoms. The molecule has 1 aromatic carbocycles. The Bertz CT molecular complexity index is 336. The summed E-state index contributed by atoms with van der Waals surface area (Å²) in [6, 6.07) is 7.49. The van der Waals surface area contributed by atoms with Gasteiger partial charge in [0, 0.05) is 6.42 Å². The van der Waals surface area contributed by atoms with Crippen molar-refractivity contribution in [1.29, 1.82) is 0 Å². The van der Waals surface area contributed by atoms with E-state index in [0.29, 0.717) is 0 Å². The summed E-state index contributed by atoms with van der Waals surface area (Å²) in [7, 11) is 0. The Hall–Kier alpha value is -0.620. The van der Waals surface area contributed by atoms with E-state index in [1.165, 1.54) is 24.3 Å². The molecule has 1 atom stereocenters. The second kappa shape index (κ2) is 4.71. The average Bonchev–Trinajstić information content (AvgIpc) is 2.16. The summed E-state index contributed by atoms with van der Waals surface area (Å²) in [6.45, 7) is 0. The number of alkyl halides is 5. The maximum Gasteiger partial charge on any atom is 0.363 e. The molecule has 0 aromatic heterocycles. The zero-order valence-corrected chi connectivity index (χ0v) is 9.59. The lowest BCUT2D eigenvalue weighted by atomic mass is 10.0. The quantitative estimate of drug-likeness (QED) is 0.663. The third-order valence-electron chi connectivity index (χ3n) is 2.05. The zero-order valence-electron chi connectivity index (χ0n) is 8.01. The number of halogens is 5. The molecule has 0 heterocycles. The van der Waals surface area contributed by atoms with Crippen molar-refractivity contribution in [2.45, 2.75) is 23.3 Å². The van der Waals surface area contributed by atoms with Gasteiger partial charge in [-0.2, -0.15) is 17.6 Å². The van der Waals surface area contributed by atoms with Gasteiger partial charge in [0.25, 0.3) is 0 Å². The van der Waals surface area contributed by atoms with Gasteiger partial charge < -0.3 is 5.11 Å². The molecule has 0 amide bonds. The van der Waals surface area contributed by atoms with E-state index in [1.54, 1.807) is 22.0 Å². The SMILES string of the molecule is OC(CC(F)(F)C(F)(F)Br)c1ccccc1. The molecule has 1 aromatic rings. The smallest absolute Gasteiger partial charge is 0.363 e. The molecule has 1 N–H and O–H groups in total. The summed E-state index contributed by atoms with van der Waals surface area (Å²) in [5.74, 6) is -4.30. The summed E-state index contributed by atoms with van der Waals surface area (Å²) in [5, 5.41) is 9.39. The van der Waals surface area contributed by atoms with Crippen molar-refractivity contribution in [2.24, 2.45) is 0 Å². The molecule has 0 aliphatic heterocycles. The van der Waals surface area contributed by atoms with Crippen molar-refractivity contribution in [1.82, 2.24) is 0 Å². The Morgan fingerprint density at radius 1 is 1.12 bits per heavy atom. The molecule has 16 heavy (non-hydrogen) atoms. The maximum atomic E-state index is 12.9. The van der Waals surface area contributed by atoms with Crippen LogP contribution in [-0.2, 0) is 0 Å². The Labute approximate surface area is 98.2 Å². The van der Waals surface area contributed by atoms with E-state index in [9.17, 15) is 22.7 Å². The summed E-state index contributed by atoms with van der Waals surface area (Å²) in [4.78, 5) is -4.32. The van der Waals surface area contributed by atoms with Gasteiger partial charge in [0.1, 0.15) is 0 Å². The number of hydrogen-bond donors (Lipinski definition) is 1. The van der Waals surface area contributed by atoms with Crippen LogP contribution in [0.4, 0.5) is 17.6 Å². The molecule has 0 radical (unpaired) electrons. The second-order valence-corrected chi connectivity index (χ2v) is 4.33. The Morgan fingerprint density at radius 2 is 1.62 bits per heavy atom. The lowest BCUT2D eigenvalue weighted by molar-refractivity contribution is -0.165. The van der Waals surface area contributed by atoms with Crippen molar-refractivity contribution in [3.8, 4) is 0 Å². The zero-order chi connectivity index (χ0) is 12.4. The van der Waals surface area contributed by atoms with Crippen LogP contribution in [0.25, 0.3) is 0 Å². The minimum absolute atomic E-state index is 0.180. The minimum atomic E-state index is -4.32. The molecular weight excluding hydrogens is 292 g/mol. The van der Waals surface area contributed by atoms with Crippen LogP contribution in [-0.4, -0.2) is 15.9 Å². The van der Waals surface area contributed by atoms with E-state index < -0.39 is 23.3 Å². The summed E-state index contributed by atoms with van der Waals surface area (Å²) >= 11 is 1.61. The molecule has 90 valence electrons. The van der Waals surface area contributed by atoms with Crippen molar-refractivity contribution in [3.05, 3.63) is 35.9 Å². The molecule has 1 unspecified atom stereocenters. The highest BCUT2D eigenvalue weighted by Gasteiger charge is 2.55. The molecule has 1 nitrogen and oxygen atoms in total. The molecule has 0 fully saturated rings. The number of benzene rings is 1. The van der Waals surface area contributed by atoms with Gasteiger partial charge in [-0.1, -0.05) is 30.3 Å². The van der Waals surface area contributed by atoms with E-state index in [4.69, 9.17) is 0 Å². The largest absolute Gasteiger partial charge is 0.388 e. The molecule has 0 bridgehead atoms. The molecule has 0 saturated carbocycles. The maximum absolute atomic E-state index is 12.9. The lowest BCUT2D eigenvalue weighted by Crippen LogP contribution is -2.36. The highest BCUT2D eigenvalue weighted by molar-refractivity contribution is 9.10. The van der Waals surface area contributed by atoms with Crippen LogP contribution in [0.1, 0.15) is 18.1 Å². The Kier molecular flexibility index (Phi) is 3.96. The second-order valence-electron chi connectivity index (χ2n) is 3.33. The van der Waals surface area contributed by atoms with Gasteiger partial charge in [-0.25, -0.2) is 0 Å².